The Hall–Kier alpha value is -3.68. The standard InChI is InChI=1S/C25H29F2N5O4/c1-3-16-11-25(26,27)12-20(23(34)30-15(13-28)9-14-7-8-29-22(14)33)32(16)24(35)19-10-17-18(31-19)5-4-6-21(17)36-2/h4-6,10,14-16,20,31H,3,7-9,11-12H2,1-2H3,(H,29,33)(H,30,34)/t14-,15-,16-,20-/m0/s1. The van der Waals surface area contributed by atoms with E-state index in [1.807, 2.05) is 6.07 Å². The predicted octanol–water partition coefficient (Wildman–Crippen LogP) is 2.73. The van der Waals surface area contributed by atoms with Crippen molar-refractivity contribution in [1.29, 1.82) is 5.26 Å². The van der Waals surface area contributed by atoms with Gasteiger partial charge in [-0.1, -0.05) is 13.0 Å². The molecule has 4 rings (SSSR count). The van der Waals surface area contributed by atoms with E-state index < -0.39 is 54.6 Å². The second kappa shape index (κ2) is 10.1. The molecule has 4 atom stereocenters. The number of carbonyl (C=O) groups is 3. The van der Waals surface area contributed by atoms with Crippen LogP contribution in [0.2, 0.25) is 0 Å². The molecular weight excluding hydrogens is 472 g/mol. The van der Waals surface area contributed by atoms with E-state index in [0.717, 1.165) is 0 Å². The van der Waals surface area contributed by atoms with E-state index in [1.165, 1.54) is 12.0 Å². The Morgan fingerprint density at radius 1 is 1.36 bits per heavy atom. The van der Waals surface area contributed by atoms with Gasteiger partial charge in [0.05, 0.1) is 13.2 Å². The number of hydrogen-bond donors (Lipinski definition) is 3. The number of hydrogen-bond acceptors (Lipinski definition) is 5. The third-order valence-electron chi connectivity index (χ3n) is 6.99. The summed E-state index contributed by atoms with van der Waals surface area (Å²) in [7, 11) is 1.50. The molecule has 1 aromatic carbocycles. The van der Waals surface area contributed by atoms with Crippen LogP contribution in [0.4, 0.5) is 8.78 Å². The average molecular weight is 502 g/mol. The van der Waals surface area contributed by atoms with Crippen LogP contribution in [0.25, 0.3) is 10.9 Å². The fourth-order valence-electron chi connectivity index (χ4n) is 5.16. The van der Waals surface area contributed by atoms with Gasteiger partial charge in [-0.2, -0.15) is 5.26 Å². The van der Waals surface area contributed by atoms with Crippen LogP contribution in [0, 0.1) is 17.2 Å². The number of nitrogens with zero attached hydrogens (tertiary/aromatic N) is 2. The number of alkyl halides is 2. The maximum atomic E-state index is 14.7. The number of ether oxygens (including phenoxy) is 1. The molecule has 0 unspecified atom stereocenters. The van der Waals surface area contributed by atoms with Crippen molar-refractivity contribution in [3.63, 3.8) is 0 Å². The number of benzene rings is 1. The van der Waals surface area contributed by atoms with Gasteiger partial charge >= 0.3 is 0 Å². The number of nitriles is 1. The first-order valence-electron chi connectivity index (χ1n) is 12.0. The van der Waals surface area contributed by atoms with Gasteiger partial charge in [-0.3, -0.25) is 14.4 Å². The first-order valence-corrected chi connectivity index (χ1v) is 12.0. The van der Waals surface area contributed by atoms with Gasteiger partial charge in [-0.25, -0.2) is 8.78 Å². The van der Waals surface area contributed by atoms with Crippen molar-refractivity contribution in [3.05, 3.63) is 30.0 Å². The lowest BCUT2D eigenvalue weighted by Gasteiger charge is -2.44. The van der Waals surface area contributed by atoms with Crippen LogP contribution in [0.15, 0.2) is 24.3 Å². The van der Waals surface area contributed by atoms with E-state index in [2.05, 4.69) is 15.6 Å². The minimum atomic E-state index is -3.16. The number of carbonyl (C=O) groups excluding carboxylic acids is 3. The number of amides is 3. The molecule has 0 saturated carbocycles. The zero-order chi connectivity index (χ0) is 26.0. The summed E-state index contributed by atoms with van der Waals surface area (Å²) in [5.41, 5.74) is 0.781. The largest absolute Gasteiger partial charge is 0.496 e. The van der Waals surface area contributed by atoms with Crippen molar-refractivity contribution in [2.75, 3.05) is 13.7 Å². The zero-order valence-corrected chi connectivity index (χ0v) is 20.1. The SMILES string of the molecule is CC[C@H]1CC(F)(F)C[C@@H](C(=O)N[C@H](C#N)C[C@@H]2CCNC2=O)N1C(=O)c1cc2c(OC)cccc2[nH]1. The first kappa shape index (κ1) is 25.4. The Morgan fingerprint density at radius 3 is 2.78 bits per heavy atom. The van der Waals surface area contributed by atoms with Crippen LogP contribution in [-0.4, -0.2) is 65.3 Å². The summed E-state index contributed by atoms with van der Waals surface area (Å²) in [6.07, 6.45) is -0.595. The highest BCUT2D eigenvalue weighted by molar-refractivity contribution is 6.01. The number of likely N-dealkylation sites (tertiary alicyclic amines) is 1. The van der Waals surface area contributed by atoms with E-state index in [1.54, 1.807) is 31.2 Å². The van der Waals surface area contributed by atoms with Crippen LogP contribution in [0.3, 0.4) is 0 Å². The lowest BCUT2D eigenvalue weighted by molar-refractivity contribution is -0.140. The molecule has 3 heterocycles. The number of halogens is 2. The van der Waals surface area contributed by atoms with Crippen molar-refractivity contribution in [2.24, 2.45) is 5.92 Å². The summed E-state index contributed by atoms with van der Waals surface area (Å²) in [4.78, 5) is 43.0. The molecule has 0 aliphatic carbocycles. The number of H-pyrrole nitrogens is 1. The molecule has 2 saturated heterocycles. The minimum absolute atomic E-state index is 0.0736. The summed E-state index contributed by atoms with van der Waals surface area (Å²) in [5, 5.41) is 15.4. The van der Waals surface area contributed by atoms with Gasteiger partial charge in [-0.05, 0) is 37.5 Å². The molecule has 0 spiro atoms. The molecule has 3 amide bonds. The monoisotopic (exact) mass is 501 g/mol. The molecule has 2 aromatic rings. The predicted molar refractivity (Wildman–Crippen MR) is 126 cm³/mol. The number of aromatic amines is 1. The molecule has 11 heteroatoms. The Morgan fingerprint density at radius 2 is 2.14 bits per heavy atom. The van der Waals surface area contributed by atoms with Crippen molar-refractivity contribution < 1.29 is 27.9 Å². The highest BCUT2D eigenvalue weighted by Gasteiger charge is 2.50. The summed E-state index contributed by atoms with van der Waals surface area (Å²) in [6, 6.07) is 5.38. The van der Waals surface area contributed by atoms with E-state index in [9.17, 15) is 28.4 Å². The maximum Gasteiger partial charge on any atom is 0.271 e. The van der Waals surface area contributed by atoms with Gasteiger partial charge in [0.2, 0.25) is 11.8 Å². The molecule has 2 aliphatic heterocycles. The Balaban J connectivity index is 1.62. The quantitative estimate of drug-likeness (QED) is 0.538. The zero-order valence-electron chi connectivity index (χ0n) is 20.1. The van der Waals surface area contributed by atoms with Crippen molar-refractivity contribution in [3.8, 4) is 11.8 Å². The molecule has 192 valence electrons. The number of fused-ring (bicyclic) bond motifs is 1. The average Bonchev–Trinajstić information content (AvgIpc) is 3.47. The van der Waals surface area contributed by atoms with Gasteiger partial charge < -0.3 is 25.3 Å². The summed E-state index contributed by atoms with van der Waals surface area (Å²) in [5.74, 6) is -4.67. The molecule has 1 aromatic heterocycles. The van der Waals surface area contributed by atoms with Gasteiger partial charge in [0.1, 0.15) is 23.5 Å². The Bertz CT molecular complexity index is 1210. The minimum Gasteiger partial charge on any atom is -0.496 e. The lowest BCUT2D eigenvalue weighted by Crippen LogP contribution is -2.61. The Labute approximate surface area is 207 Å². The first-order chi connectivity index (χ1) is 17.2. The topological polar surface area (TPSA) is 127 Å². The fourth-order valence-corrected chi connectivity index (χ4v) is 5.16. The smallest absolute Gasteiger partial charge is 0.271 e. The number of rotatable bonds is 7. The van der Waals surface area contributed by atoms with Crippen LogP contribution in [0.5, 0.6) is 5.75 Å². The van der Waals surface area contributed by atoms with Crippen molar-refractivity contribution >= 4 is 28.6 Å². The molecule has 2 fully saturated rings. The van der Waals surface area contributed by atoms with Crippen LogP contribution in [-0.2, 0) is 9.59 Å². The molecule has 0 bridgehead atoms. The van der Waals surface area contributed by atoms with Crippen molar-refractivity contribution in [2.45, 2.75) is 63.1 Å². The summed E-state index contributed by atoms with van der Waals surface area (Å²) in [6.45, 7) is 2.17. The molecule has 9 nitrogen and oxygen atoms in total. The molecule has 36 heavy (non-hydrogen) atoms. The maximum absolute atomic E-state index is 14.7. The highest BCUT2D eigenvalue weighted by Crippen LogP contribution is 2.38. The number of nitrogens with one attached hydrogen (secondary N) is 3. The van der Waals surface area contributed by atoms with Gasteiger partial charge in [0.15, 0.2) is 0 Å². The van der Waals surface area contributed by atoms with Crippen molar-refractivity contribution in [1.82, 2.24) is 20.5 Å². The Kier molecular flexibility index (Phi) is 7.15. The van der Waals surface area contributed by atoms with Gasteiger partial charge in [0, 0.05) is 42.2 Å². The third kappa shape index (κ3) is 4.98. The van der Waals surface area contributed by atoms with E-state index in [-0.39, 0.29) is 24.4 Å². The number of methoxy groups -OCH3 is 1. The van der Waals surface area contributed by atoms with E-state index in [0.29, 0.717) is 29.6 Å². The molecule has 3 N–H and O–H groups in total. The molecule has 2 aliphatic rings. The van der Waals surface area contributed by atoms with Gasteiger partial charge in [0.25, 0.3) is 11.8 Å². The van der Waals surface area contributed by atoms with E-state index >= 15 is 0 Å². The van der Waals surface area contributed by atoms with Crippen LogP contribution in [0.1, 0.15) is 49.5 Å². The van der Waals surface area contributed by atoms with Crippen LogP contribution >= 0.6 is 0 Å². The van der Waals surface area contributed by atoms with E-state index in [4.69, 9.17) is 4.74 Å². The molecular formula is C25H29F2N5O4. The fraction of sp³-hybridized carbons (Fsp3) is 0.520. The summed E-state index contributed by atoms with van der Waals surface area (Å²) < 4.78 is 34.7. The van der Waals surface area contributed by atoms with Gasteiger partial charge in [-0.15, -0.1) is 0 Å². The summed E-state index contributed by atoms with van der Waals surface area (Å²) >= 11 is 0. The third-order valence-corrected chi connectivity index (χ3v) is 6.99. The highest BCUT2D eigenvalue weighted by atomic mass is 19.3. The molecule has 0 radical (unpaired) electrons. The number of aromatic nitrogens is 1. The second-order valence-electron chi connectivity index (χ2n) is 9.36. The second-order valence-corrected chi connectivity index (χ2v) is 9.36. The number of piperidine rings is 1. The normalized spacial score (nSPS) is 24.1. The lowest BCUT2D eigenvalue weighted by atomic mass is 9.89. The van der Waals surface area contributed by atoms with Crippen LogP contribution < -0.4 is 15.4 Å².